The molecule has 3 amide bonds. The summed E-state index contributed by atoms with van der Waals surface area (Å²) in [4.78, 5) is 35.4. The Morgan fingerprint density at radius 1 is 1.26 bits per heavy atom. The van der Waals surface area contributed by atoms with Crippen LogP contribution in [0.1, 0.15) is 35.5 Å². The van der Waals surface area contributed by atoms with E-state index in [0.29, 0.717) is 29.7 Å². The van der Waals surface area contributed by atoms with Crippen molar-refractivity contribution in [1.82, 2.24) is 24.8 Å². The second-order valence-corrected chi connectivity index (χ2v) is 8.87. The Morgan fingerprint density at radius 3 is 2.76 bits per heavy atom. The first-order valence-corrected chi connectivity index (χ1v) is 11.8. The van der Waals surface area contributed by atoms with Gasteiger partial charge in [0.1, 0.15) is 10.7 Å². The average Bonchev–Trinajstić information content (AvgIpc) is 3.49. The first-order chi connectivity index (χ1) is 16.4. The number of rotatable bonds is 12. The van der Waals surface area contributed by atoms with Crippen LogP contribution in [0.2, 0.25) is 0 Å². The summed E-state index contributed by atoms with van der Waals surface area (Å²) in [5, 5.41) is 5.92. The number of aryl methyl sites for hydroxylation is 1. The molecule has 0 fully saturated rings. The maximum Gasteiger partial charge on any atom is 0.324 e. The average molecular weight is 489 g/mol. The topological polar surface area (TPSA) is 101 Å². The van der Waals surface area contributed by atoms with Crippen LogP contribution in [0.15, 0.2) is 49.2 Å². The highest BCUT2D eigenvalue weighted by atomic mass is 32.1. The molecule has 0 spiro atoms. The number of thiazole rings is 1. The van der Waals surface area contributed by atoms with E-state index >= 15 is 0 Å². The lowest BCUT2D eigenvalue weighted by molar-refractivity contribution is 0.0647. The van der Waals surface area contributed by atoms with Crippen molar-refractivity contribution < 1.29 is 18.7 Å². The monoisotopic (exact) mass is 488 g/mol. The van der Waals surface area contributed by atoms with Crippen molar-refractivity contribution in [3.63, 3.8) is 0 Å². The Labute approximate surface area is 202 Å². The summed E-state index contributed by atoms with van der Waals surface area (Å²) in [5.41, 5.74) is 0.788. The second-order valence-electron chi connectivity index (χ2n) is 7.84. The second kappa shape index (κ2) is 12.8. The van der Waals surface area contributed by atoms with Crippen LogP contribution < -0.4 is 10.6 Å². The van der Waals surface area contributed by atoms with Crippen molar-refractivity contribution >= 4 is 28.4 Å². The third-order valence-corrected chi connectivity index (χ3v) is 5.68. The summed E-state index contributed by atoms with van der Waals surface area (Å²) in [6, 6.07) is 5.61. The number of ether oxygens (including phenoxy) is 1. The van der Waals surface area contributed by atoms with Crippen molar-refractivity contribution in [2.75, 3.05) is 25.0 Å². The number of halogens is 1. The molecule has 2 aromatic heterocycles. The van der Waals surface area contributed by atoms with Gasteiger partial charge < -0.3 is 19.5 Å². The molecule has 0 saturated heterocycles. The van der Waals surface area contributed by atoms with Gasteiger partial charge in [-0.15, -0.1) is 0 Å². The highest BCUT2D eigenvalue weighted by Crippen LogP contribution is 2.19. The van der Waals surface area contributed by atoms with E-state index in [2.05, 4.69) is 20.6 Å². The number of carbonyl (C=O) groups is 2. The standard InChI is InChI=1S/C23H29FN6O3S/c1-17(2)33-13-12-30(15-18-4-6-19(24)7-5-18)23(32)28-22-27-14-20(34-22)21(31)26-8-3-10-29-11-9-25-16-29/h4-7,9,11,14,16-17H,3,8,10,12-13,15H2,1-2H3,(H,26,31)(H,27,28,32). The van der Waals surface area contributed by atoms with Crippen LogP contribution in [0.3, 0.4) is 0 Å². The molecule has 9 nitrogen and oxygen atoms in total. The van der Waals surface area contributed by atoms with Crippen molar-refractivity contribution in [1.29, 1.82) is 0 Å². The van der Waals surface area contributed by atoms with Gasteiger partial charge in [0, 0.05) is 38.6 Å². The van der Waals surface area contributed by atoms with E-state index < -0.39 is 0 Å². The summed E-state index contributed by atoms with van der Waals surface area (Å²) in [7, 11) is 0. The maximum absolute atomic E-state index is 13.2. The van der Waals surface area contributed by atoms with Crippen LogP contribution in [-0.4, -0.2) is 57.2 Å². The molecule has 2 heterocycles. The molecule has 0 aliphatic rings. The number of nitrogens with zero attached hydrogens (tertiary/aromatic N) is 4. The maximum atomic E-state index is 13.2. The molecule has 0 aliphatic carbocycles. The van der Waals surface area contributed by atoms with Gasteiger partial charge in [-0.1, -0.05) is 23.5 Å². The van der Waals surface area contributed by atoms with Gasteiger partial charge in [0.05, 0.1) is 25.2 Å². The zero-order valence-electron chi connectivity index (χ0n) is 19.2. The van der Waals surface area contributed by atoms with Gasteiger partial charge >= 0.3 is 6.03 Å². The summed E-state index contributed by atoms with van der Waals surface area (Å²) < 4.78 is 20.8. The molecule has 2 N–H and O–H groups in total. The Morgan fingerprint density at radius 2 is 2.06 bits per heavy atom. The van der Waals surface area contributed by atoms with Crippen molar-refractivity contribution in [2.24, 2.45) is 0 Å². The molecule has 1 aromatic carbocycles. The minimum absolute atomic E-state index is 0.0377. The number of amides is 3. The molecule has 182 valence electrons. The number of aromatic nitrogens is 3. The number of anilines is 1. The lowest BCUT2D eigenvalue weighted by Crippen LogP contribution is -2.37. The van der Waals surface area contributed by atoms with Crippen LogP contribution in [0, 0.1) is 5.82 Å². The molecule has 0 atom stereocenters. The molecule has 3 aromatic rings. The molecule has 0 bridgehead atoms. The minimum atomic E-state index is -0.377. The van der Waals surface area contributed by atoms with Gasteiger partial charge in [-0.3, -0.25) is 10.1 Å². The van der Waals surface area contributed by atoms with Crippen LogP contribution in [0.5, 0.6) is 0 Å². The molecular weight excluding hydrogens is 459 g/mol. The Kier molecular flexibility index (Phi) is 9.53. The van der Waals surface area contributed by atoms with E-state index in [0.717, 1.165) is 29.9 Å². The first-order valence-electron chi connectivity index (χ1n) is 11.0. The fraction of sp³-hybridized carbons (Fsp3) is 0.391. The van der Waals surface area contributed by atoms with E-state index in [-0.39, 0.29) is 30.4 Å². The van der Waals surface area contributed by atoms with Gasteiger partial charge in [-0.05, 0) is 38.0 Å². The summed E-state index contributed by atoms with van der Waals surface area (Å²) in [6.45, 7) is 6.10. The van der Waals surface area contributed by atoms with Crippen molar-refractivity contribution in [2.45, 2.75) is 39.5 Å². The summed E-state index contributed by atoms with van der Waals surface area (Å²) >= 11 is 1.10. The zero-order valence-corrected chi connectivity index (χ0v) is 20.1. The number of carbonyl (C=O) groups excluding carboxylic acids is 2. The van der Waals surface area contributed by atoms with E-state index in [1.807, 2.05) is 24.6 Å². The smallest absolute Gasteiger partial charge is 0.324 e. The third kappa shape index (κ3) is 8.23. The highest BCUT2D eigenvalue weighted by Gasteiger charge is 2.18. The predicted molar refractivity (Wildman–Crippen MR) is 128 cm³/mol. The number of benzene rings is 1. The molecule has 0 unspecified atom stereocenters. The summed E-state index contributed by atoms with van der Waals surface area (Å²) in [6.07, 6.45) is 7.56. The van der Waals surface area contributed by atoms with Crippen molar-refractivity contribution in [3.8, 4) is 0 Å². The van der Waals surface area contributed by atoms with E-state index in [9.17, 15) is 14.0 Å². The van der Waals surface area contributed by atoms with E-state index in [1.54, 1.807) is 29.6 Å². The van der Waals surface area contributed by atoms with Gasteiger partial charge in [0.25, 0.3) is 5.91 Å². The van der Waals surface area contributed by atoms with E-state index in [4.69, 9.17) is 4.74 Å². The largest absolute Gasteiger partial charge is 0.377 e. The lowest BCUT2D eigenvalue weighted by Gasteiger charge is -2.23. The molecule has 11 heteroatoms. The first kappa shape index (κ1) is 25.3. The molecule has 3 rings (SSSR count). The SMILES string of the molecule is CC(C)OCCN(Cc1ccc(F)cc1)C(=O)Nc1ncc(C(=O)NCCCn2ccnc2)s1. The molecule has 34 heavy (non-hydrogen) atoms. The van der Waals surface area contributed by atoms with Crippen LogP contribution >= 0.6 is 11.3 Å². The van der Waals surface area contributed by atoms with Gasteiger partial charge in [-0.2, -0.15) is 0 Å². The number of urea groups is 1. The number of nitrogens with one attached hydrogen (secondary N) is 2. The van der Waals surface area contributed by atoms with Gasteiger partial charge in [-0.25, -0.2) is 19.2 Å². The number of hydrogen-bond acceptors (Lipinski definition) is 6. The zero-order chi connectivity index (χ0) is 24.3. The Bertz CT molecular complexity index is 1040. The molecular formula is C23H29FN6O3S. The molecule has 0 saturated carbocycles. The lowest BCUT2D eigenvalue weighted by atomic mass is 10.2. The van der Waals surface area contributed by atoms with Crippen molar-refractivity contribution in [3.05, 3.63) is 65.4 Å². The normalized spacial score (nSPS) is 10.9. The number of hydrogen-bond donors (Lipinski definition) is 2. The highest BCUT2D eigenvalue weighted by molar-refractivity contribution is 7.17. The fourth-order valence-corrected chi connectivity index (χ4v) is 3.76. The summed E-state index contributed by atoms with van der Waals surface area (Å²) in [5.74, 6) is -0.574. The third-order valence-electron chi connectivity index (χ3n) is 4.77. The molecule has 0 aliphatic heterocycles. The predicted octanol–water partition coefficient (Wildman–Crippen LogP) is 3.76. The van der Waals surface area contributed by atoms with E-state index in [1.165, 1.54) is 18.3 Å². The van der Waals surface area contributed by atoms with Crippen LogP contribution in [0.4, 0.5) is 14.3 Å². The Hall–Kier alpha value is -3.31. The van der Waals surface area contributed by atoms with Crippen LogP contribution in [0.25, 0.3) is 0 Å². The Balaban J connectivity index is 1.53. The minimum Gasteiger partial charge on any atom is -0.377 e. The number of imidazole rings is 1. The molecule has 0 radical (unpaired) electrons. The fourth-order valence-electron chi connectivity index (χ4n) is 3.04. The van der Waals surface area contributed by atoms with Crippen LogP contribution in [-0.2, 0) is 17.8 Å². The quantitative estimate of drug-likeness (QED) is 0.378. The van der Waals surface area contributed by atoms with Gasteiger partial charge in [0.2, 0.25) is 0 Å². The van der Waals surface area contributed by atoms with Gasteiger partial charge in [0.15, 0.2) is 5.13 Å².